The highest BCUT2D eigenvalue weighted by Crippen LogP contribution is 2.38. The fourth-order valence-corrected chi connectivity index (χ4v) is 4.73. The first-order chi connectivity index (χ1) is 13.2. The van der Waals surface area contributed by atoms with Crippen LogP contribution < -0.4 is 5.32 Å². The number of carbonyl (C=O) groups is 1. The maximum Gasteiger partial charge on any atom is 0.407 e. The lowest BCUT2D eigenvalue weighted by molar-refractivity contribution is 0.0323. The van der Waals surface area contributed by atoms with E-state index in [1.165, 1.54) is 5.56 Å². The van der Waals surface area contributed by atoms with Gasteiger partial charge in [0.05, 0.1) is 6.10 Å². The zero-order valence-electron chi connectivity index (χ0n) is 19.5. The van der Waals surface area contributed by atoms with E-state index < -0.39 is 13.9 Å². The van der Waals surface area contributed by atoms with E-state index in [2.05, 4.69) is 68.3 Å². The summed E-state index contributed by atoms with van der Waals surface area (Å²) in [5, 5.41) is 3.23. The van der Waals surface area contributed by atoms with E-state index in [1.807, 2.05) is 26.8 Å². The molecule has 1 aliphatic rings. The highest BCUT2D eigenvalue weighted by molar-refractivity contribution is 6.74. The van der Waals surface area contributed by atoms with Crippen LogP contribution in [0.25, 0.3) is 0 Å². The summed E-state index contributed by atoms with van der Waals surface area (Å²) < 4.78 is 12.2. The molecule has 0 bridgehead atoms. The molecule has 1 saturated heterocycles. The van der Waals surface area contributed by atoms with Gasteiger partial charge in [-0.2, -0.15) is 0 Å². The highest BCUT2D eigenvalue weighted by atomic mass is 28.4. The maximum atomic E-state index is 12.4. The van der Waals surface area contributed by atoms with Crippen LogP contribution in [0.1, 0.15) is 53.5 Å². The summed E-state index contributed by atoms with van der Waals surface area (Å²) in [7, 11) is -1.89. The number of nitrogens with zero attached hydrogens (tertiary/aromatic N) is 1. The van der Waals surface area contributed by atoms with Gasteiger partial charge in [-0.05, 0) is 50.9 Å². The monoisotopic (exact) mass is 420 g/mol. The number of hydrogen-bond acceptors (Lipinski definition) is 4. The molecule has 164 valence electrons. The van der Waals surface area contributed by atoms with E-state index in [0.29, 0.717) is 0 Å². The van der Waals surface area contributed by atoms with Gasteiger partial charge in [-0.3, -0.25) is 4.90 Å². The number of ether oxygens (including phenoxy) is 1. The minimum absolute atomic E-state index is 0.0112. The van der Waals surface area contributed by atoms with Crippen LogP contribution in [-0.4, -0.2) is 50.1 Å². The van der Waals surface area contributed by atoms with Crippen molar-refractivity contribution >= 4 is 14.4 Å². The maximum absolute atomic E-state index is 12.4. The van der Waals surface area contributed by atoms with E-state index in [-0.39, 0.29) is 23.3 Å². The number of carbonyl (C=O) groups excluding carboxylic acids is 1. The predicted octanol–water partition coefficient (Wildman–Crippen LogP) is 5.18. The Morgan fingerprint density at radius 2 is 1.72 bits per heavy atom. The number of amides is 1. The Bertz CT molecular complexity index is 665. The van der Waals surface area contributed by atoms with E-state index in [1.54, 1.807) is 0 Å². The quantitative estimate of drug-likeness (QED) is 0.667. The molecule has 2 rings (SSSR count). The van der Waals surface area contributed by atoms with Crippen LogP contribution in [0.2, 0.25) is 18.1 Å². The summed E-state index contributed by atoms with van der Waals surface area (Å²) in [5.74, 6) is 0. The molecule has 0 aromatic heterocycles. The van der Waals surface area contributed by atoms with Crippen LogP contribution >= 0.6 is 0 Å². The topological polar surface area (TPSA) is 50.8 Å². The Morgan fingerprint density at radius 1 is 1.10 bits per heavy atom. The second-order valence-electron chi connectivity index (χ2n) is 10.8. The van der Waals surface area contributed by atoms with E-state index in [9.17, 15) is 4.79 Å². The second kappa shape index (κ2) is 9.19. The predicted molar refractivity (Wildman–Crippen MR) is 122 cm³/mol. The molecule has 1 N–H and O–H groups in total. The zero-order chi connectivity index (χ0) is 21.9. The van der Waals surface area contributed by atoms with E-state index >= 15 is 0 Å². The Balaban J connectivity index is 2.11. The number of rotatable bonds is 5. The molecule has 1 heterocycles. The highest BCUT2D eigenvalue weighted by Gasteiger charge is 2.41. The van der Waals surface area contributed by atoms with Crippen LogP contribution in [0.5, 0.6) is 0 Å². The van der Waals surface area contributed by atoms with Crippen LogP contribution in [-0.2, 0) is 15.7 Å². The molecule has 2 atom stereocenters. The van der Waals surface area contributed by atoms with Crippen molar-refractivity contribution in [2.75, 3.05) is 13.1 Å². The molecule has 6 heteroatoms. The lowest BCUT2D eigenvalue weighted by Crippen LogP contribution is -2.56. The van der Waals surface area contributed by atoms with Crippen LogP contribution in [0.3, 0.4) is 0 Å². The van der Waals surface area contributed by atoms with Gasteiger partial charge in [-0.15, -0.1) is 0 Å². The molecular formula is C23H40N2O3Si. The third kappa shape index (κ3) is 7.76. The van der Waals surface area contributed by atoms with Crippen molar-refractivity contribution in [1.82, 2.24) is 10.2 Å². The molecule has 5 nitrogen and oxygen atoms in total. The first-order valence-corrected chi connectivity index (χ1v) is 13.6. The summed E-state index contributed by atoms with van der Waals surface area (Å²) >= 11 is 0. The van der Waals surface area contributed by atoms with Gasteiger partial charge in [-0.25, -0.2) is 4.79 Å². The Morgan fingerprint density at radius 3 is 2.28 bits per heavy atom. The molecule has 0 unspecified atom stereocenters. The van der Waals surface area contributed by atoms with Crippen molar-refractivity contribution in [3.05, 3.63) is 35.9 Å². The van der Waals surface area contributed by atoms with Crippen LogP contribution in [0, 0.1) is 0 Å². The normalized spacial score (nSPS) is 21.7. The molecule has 29 heavy (non-hydrogen) atoms. The second-order valence-corrected chi connectivity index (χ2v) is 15.5. The minimum atomic E-state index is -1.89. The summed E-state index contributed by atoms with van der Waals surface area (Å²) in [6.45, 7) is 19.6. The van der Waals surface area contributed by atoms with Crippen molar-refractivity contribution in [3.8, 4) is 0 Å². The number of piperidine rings is 1. The SMILES string of the molecule is CC(C)(C)OC(=O)N[C@@H]1C[C@@H](O[Si](C)(C)C(C)(C)C)CN(Cc2ccccc2)C1. The molecular weight excluding hydrogens is 380 g/mol. The van der Waals surface area contributed by atoms with Gasteiger partial charge in [-0.1, -0.05) is 51.1 Å². The number of benzene rings is 1. The van der Waals surface area contributed by atoms with Gasteiger partial charge in [0.25, 0.3) is 0 Å². The summed E-state index contributed by atoms with van der Waals surface area (Å²) in [6, 6.07) is 10.5. The molecule has 0 aliphatic carbocycles. The van der Waals surface area contributed by atoms with Crippen molar-refractivity contribution in [1.29, 1.82) is 0 Å². The van der Waals surface area contributed by atoms with E-state index in [4.69, 9.17) is 9.16 Å². The fraction of sp³-hybridized carbons (Fsp3) is 0.696. The Hall–Kier alpha value is -1.37. The fourth-order valence-electron chi connectivity index (χ4n) is 3.37. The summed E-state index contributed by atoms with van der Waals surface area (Å²) in [4.78, 5) is 14.7. The first kappa shape index (κ1) is 23.9. The zero-order valence-corrected chi connectivity index (χ0v) is 20.5. The van der Waals surface area contributed by atoms with Crippen LogP contribution in [0.15, 0.2) is 30.3 Å². The average molecular weight is 421 g/mol. The molecule has 1 aliphatic heterocycles. The smallest absolute Gasteiger partial charge is 0.407 e. The number of alkyl carbamates (subject to hydrolysis) is 1. The molecule has 1 fully saturated rings. The minimum Gasteiger partial charge on any atom is -0.444 e. The largest absolute Gasteiger partial charge is 0.444 e. The van der Waals surface area contributed by atoms with Crippen molar-refractivity contribution in [2.45, 2.75) is 90.4 Å². The Kier molecular flexibility index (Phi) is 7.57. The number of nitrogens with one attached hydrogen (secondary N) is 1. The number of likely N-dealkylation sites (tertiary alicyclic amines) is 1. The van der Waals surface area contributed by atoms with Gasteiger partial charge in [0, 0.05) is 25.7 Å². The van der Waals surface area contributed by atoms with Crippen molar-refractivity contribution in [3.63, 3.8) is 0 Å². The Labute approximate surface area is 178 Å². The molecule has 0 saturated carbocycles. The van der Waals surface area contributed by atoms with Crippen molar-refractivity contribution < 1.29 is 14.0 Å². The van der Waals surface area contributed by atoms with Gasteiger partial charge in [0.2, 0.25) is 0 Å². The van der Waals surface area contributed by atoms with Gasteiger partial charge in [0.15, 0.2) is 8.32 Å². The number of hydrogen-bond donors (Lipinski definition) is 1. The van der Waals surface area contributed by atoms with Crippen LogP contribution in [0.4, 0.5) is 4.79 Å². The molecule has 1 amide bonds. The molecule has 0 radical (unpaired) electrons. The lowest BCUT2D eigenvalue weighted by Gasteiger charge is -2.44. The summed E-state index contributed by atoms with van der Waals surface area (Å²) in [6.07, 6.45) is 0.570. The van der Waals surface area contributed by atoms with E-state index in [0.717, 1.165) is 26.1 Å². The molecule has 0 spiro atoms. The summed E-state index contributed by atoms with van der Waals surface area (Å²) in [5.41, 5.74) is 0.774. The van der Waals surface area contributed by atoms with Crippen molar-refractivity contribution in [2.24, 2.45) is 0 Å². The average Bonchev–Trinajstić information content (AvgIpc) is 2.52. The van der Waals surface area contributed by atoms with Gasteiger partial charge < -0.3 is 14.5 Å². The molecule has 1 aromatic carbocycles. The molecule has 1 aromatic rings. The third-order valence-electron chi connectivity index (χ3n) is 5.73. The third-order valence-corrected chi connectivity index (χ3v) is 10.3. The standard InChI is InChI=1S/C23H40N2O3Si/c1-22(2,3)27-21(26)24-19-14-20(28-29(7,8)23(4,5)6)17-25(16-19)15-18-12-10-9-11-13-18/h9-13,19-20H,14-17H2,1-8H3,(H,24,26)/t19-,20-/m1/s1. The van der Waals surface area contributed by atoms with Gasteiger partial charge in [0.1, 0.15) is 5.60 Å². The lowest BCUT2D eigenvalue weighted by atomic mass is 10.0. The first-order valence-electron chi connectivity index (χ1n) is 10.7. The van der Waals surface area contributed by atoms with Gasteiger partial charge >= 0.3 is 6.09 Å².